The van der Waals surface area contributed by atoms with Gasteiger partial charge in [0.25, 0.3) is 0 Å². The van der Waals surface area contributed by atoms with Gasteiger partial charge in [-0.3, -0.25) is 16.3 Å². The maximum Gasteiger partial charge on any atom is 0.0622 e. The minimum absolute atomic E-state index is 0.0519. The third kappa shape index (κ3) is 3.03. The quantitative estimate of drug-likeness (QED) is 0.645. The van der Waals surface area contributed by atoms with Crippen LogP contribution in [0.15, 0.2) is 48.8 Å². The van der Waals surface area contributed by atoms with Crippen molar-refractivity contribution in [3.05, 3.63) is 64.9 Å². The van der Waals surface area contributed by atoms with Gasteiger partial charge in [-0.25, -0.2) is 0 Å². The van der Waals surface area contributed by atoms with E-state index in [9.17, 15) is 0 Å². The Morgan fingerprint density at radius 2 is 2.00 bits per heavy atom. The first kappa shape index (κ1) is 12.0. The molecule has 0 spiro atoms. The molecule has 0 saturated heterocycles. The number of hydrogen-bond donors (Lipinski definition) is 2. The van der Waals surface area contributed by atoms with Crippen molar-refractivity contribution in [2.24, 2.45) is 5.84 Å². The van der Waals surface area contributed by atoms with Gasteiger partial charge in [0.2, 0.25) is 0 Å². The number of nitrogens with two attached hydrogens (primary N) is 1. The van der Waals surface area contributed by atoms with Gasteiger partial charge in [-0.2, -0.15) is 0 Å². The first-order valence-electron chi connectivity index (χ1n) is 5.40. The number of pyridine rings is 1. The predicted octanol–water partition coefficient (Wildman–Crippen LogP) is 2.48. The molecule has 88 valence electrons. The summed E-state index contributed by atoms with van der Waals surface area (Å²) in [4.78, 5) is 3.97. The van der Waals surface area contributed by atoms with Crippen molar-refractivity contribution in [1.29, 1.82) is 0 Å². The molecule has 0 aliphatic carbocycles. The molecular weight excluding hydrogens is 234 g/mol. The van der Waals surface area contributed by atoms with Crippen LogP contribution in [0.4, 0.5) is 0 Å². The Morgan fingerprint density at radius 1 is 1.24 bits per heavy atom. The van der Waals surface area contributed by atoms with Crippen molar-refractivity contribution >= 4 is 11.6 Å². The SMILES string of the molecule is NNC(Cc1ccncc1Cl)c1ccccc1. The highest BCUT2D eigenvalue weighted by atomic mass is 35.5. The fourth-order valence-corrected chi connectivity index (χ4v) is 1.94. The second-order valence-electron chi connectivity index (χ2n) is 3.80. The van der Waals surface area contributed by atoms with Gasteiger partial charge in [-0.05, 0) is 23.6 Å². The molecule has 17 heavy (non-hydrogen) atoms. The van der Waals surface area contributed by atoms with E-state index in [1.165, 1.54) is 0 Å². The Kier molecular flexibility index (Phi) is 4.09. The highest BCUT2D eigenvalue weighted by Crippen LogP contribution is 2.21. The molecule has 0 amide bonds. The van der Waals surface area contributed by atoms with Gasteiger partial charge in [0, 0.05) is 12.4 Å². The normalized spacial score (nSPS) is 12.4. The van der Waals surface area contributed by atoms with E-state index in [2.05, 4.69) is 10.4 Å². The molecule has 0 fully saturated rings. The van der Waals surface area contributed by atoms with Crippen LogP contribution in [0.5, 0.6) is 0 Å². The van der Waals surface area contributed by atoms with Crippen LogP contribution in [0, 0.1) is 0 Å². The molecule has 0 aliphatic heterocycles. The zero-order valence-corrected chi connectivity index (χ0v) is 10.1. The van der Waals surface area contributed by atoms with Gasteiger partial charge < -0.3 is 0 Å². The Morgan fingerprint density at radius 3 is 2.65 bits per heavy atom. The van der Waals surface area contributed by atoms with Crippen LogP contribution in [0.3, 0.4) is 0 Å². The molecule has 4 heteroatoms. The average Bonchev–Trinajstić information content (AvgIpc) is 2.39. The molecule has 1 aromatic carbocycles. The summed E-state index contributed by atoms with van der Waals surface area (Å²) < 4.78 is 0. The summed E-state index contributed by atoms with van der Waals surface area (Å²) in [6.45, 7) is 0. The zero-order chi connectivity index (χ0) is 12.1. The Labute approximate surface area is 106 Å². The summed E-state index contributed by atoms with van der Waals surface area (Å²) in [5, 5.41) is 0.670. The van der Waals surface area contributed by atoms with Gasteiger partial charge in [0.1, 0.15) is 0 Å². The molecule has 1 aromatic heterocycles. The van der Waals surface area contributed by atoms with Gasteiger partial charge in [0.15, 0.2) is 0 Å². The molecule has 3 N–H and O–H groups in total. The fraction of sp³-hybridized carbons (Fsp3) is 0.154. The zero-order valence-electron chi connectivity index (χ0n) is 9.31. The molecule has 1 unspecified atom stereocenters. The summed E-state index contributed by atoms with van der Waals surface area (Å²) in [5.41, 5.74) is 4.99. The molecule has 0 saturated carbocycles. The van der Waals surface area contributed by atoms with Crippen LogP contribution >= 0.6 is 11.6 Å². The molecular formula is C13H14ClN3. The molecule has 0 bridgehead atoms. The smallest absolute Gasteiger partial charge is 0.0622 e. The van der Waals surface area contributed by atoms with Crippen molar-refractivity contribution in [1.82, 2.24) is 10.4 Å². The average molecular weight is 248 g/mol. The van der Waals surface area contributed by atoms with Crippen molar-refractivity contribution < 1.29 is 0 Å². The van der Waals surface area contributed by atoms with E-state index < -0.39 is 0 Å². The van der Waals surface area contributed by atoms with E-state index in [0.717, 1.165) is 17.5 Å². The van der Waals surface area contributed by atoms with Crippen molar-refractivity contribution in [3.8, 4) is 0 Å². The fourth-order valence-electron chi connectivity index (χ4n) is 1.75. The molecule has 3 nitrogen and oxygen atoms in total. The summed E-state index contributed by atoms with van der Waals surface area (Å²) >= 11 is 6.08. The standard InChI is InChI=1S/C13H14ClN3/c14-12-9-16-7-6-11(12)8-13(17-15)10-4-2-1-3-5-10/h1-7,9,13,17H,8,15H2. The lowest BCUT2D eigenvalue weighted by Crippen LogP contribution is -2.29. The Balaban J connectivity index is 2.19. The van der Waals surface area contributed by atoms with E-state index >= 15 is 0 Å². The lowest BCUT2D eigenvalue weighted by atomic mass is 10.0. The molecule has 0 aliphatic rings. The van der Waals surface area contributed by atoms with Crippen LogP contribution in [-0.2, 0) is 6.42 Å². The monoisotopic (exact) mass is 247 g/mol. The van der Waals surface area contributed by atoms with Gasteiger partial charge in [0.05, 0.1) is 11.1 Å². The van der Waals surface area contributed by atoms with Gasteiger partial charge in [-0.15, -0.1) is 0 Å². The predicted molar refractivity (Wildman–Crippen MR) is 69.5 cm³/mol. The summed E-state index contributed by atoms with van der Waals surface area (Å²) in [5.74, 6) is 5.59. The summed E-state index contributed by atoms with van der Waals surface area (Å²) in [6.07, 6.45) is 4.12. The van der Waals surface area contributed by atoms with E-state index in [1.807, 2.05) is 36.4 Å². The third-order valence-corrected chi connectivity index (χ3v) is 3.02. The lowest BCUT2D eigenvalue weighted by molar-refractivity contribution is 0.552. The van der Waals surface area contributed by atoms with E-state index in [4.69, 9.17) is 17.4 Å². The van der Waals surface area contributed by atoms with Crippen LogP contribution in [0.2, 0.25) is 5.02 Å². The number of rotatable bonds is 4. The lowest BCUT2D eigenvalue weighted by Gasteiger charge is -2.16. The van der Waals surface area contributed by atoms with E-state index in [0.29, 0.717) is 5.02 Å². The molecule has 2 rings (SSSR count). The minimum Gasteiger partial charge on any atom is -0.271 e. The topological polar surface area (TPSA) is 50.9 Å². The Hall–Kier alpha value is -1.42. The van der Waals surface area contributed by atoms with Crippen LogP contribution in [0.25, 0.3) is 0 Å². The second-order valence-corrected chi connectivity index (χ2v) is 4.21. The highest BCUT2D eigenvalue weighted by molar-refractivity contribution is 6.31. The van der Waals surface area contributed by atoms with E-state index in [1.54, 1.807) is 12.4 Å². The van der Waals surface area contributed by atoms with Crippen LogP contribution in [0.1, 0.15) is 17.2 Å². The highest BCUT2D eigenvalue weighted by Gasteiger charge is 2.11. The number of hydrogen-bond acceptors (Lipinski definition) is 3. The first-order valence-corrected chi connectivity index (χ1v) is 5.78. The summed E-state index contributed by atoms with van der Waals surface area (Å²) in [7, 11) is 0. The Bertz CT molecular complexity index is 473. The summed E-state index contributed by atoms with van der Waals surface area (Å²) in [6, 6.07) is 12.0. The minimum atomic E-state index is 0.0519. The van der Waals surface area contributed by atoms with Crippen molar-refractivity contribution in [3.63, 3.8) is 0 Å². The number of benzene rings is 1. The van der Waals surface area contributed by atoms with Crippen molar-refractivity contribution in [2.45, 2.75) is 12.5 Å². The maximum atomic E-state index is 6.08. The number of nitrogens with zero attached hydrogens (tertiary/aromatic N) is 1. The third-order valence-electron chi connectivity index (χ3n) is 2.68. The number of aromatic nitrogens is 1. The molecule has 2 aromatic rings. The molecule has 0 radical (unpaired) electrons. The van der Waals surface area contributed by atoms with Gasteiger partial charge in [-0.1, -0.05) is 41.9 Å². The van der Waals surface area contributed by atoms with Crippen LogP contribution < -0.4 is 11.3 Å². The number of nitrogens with one attached hydrogen (secondary N) is 1. The second kappa shape index (κ2) is 5.77. The molecule has 1 heterocycles. The molecule has 1 atom stereocenters. The largest absolute Gasteiger partial charge is 0.271 e. The van der Waals surface area contributed by atoms with Crippen molar-refractivity contribution in [2.75, 3.05) is 0 Å². The van der Waals surface area contributed by atoms with E-state index in [-0.39, 0.29) is 6.04 Å². The number of hydrazine groups is 1. The van der Waals surface area contributed by atoms with Crippen LogP contribution in [-0.4, -0.2) is 4.98 Å². The first-order chi connectivity index (χ1) is 8.31. The number of halogens is 1. The van der Waals surface area contributed by atoms with Gasteiger partial charge >= 0.3 is 0 Å². The maximum absolute atomic E-state index is 6.08.